The summed E-state index contributed by atoms with van der Waals surface area (Å²) in [7, 11) is 1.82. The SMILES string of the molecule is CCOCc1nc(NC)cc(NCc2nncn2CC)n1. The topological polar surface area (TPSA) is 89.8 Å². The first-order chi connectivity index (χ1) is 10.3. The molecule has 8 heteroatoms. The maximum atomic E-state index is 5.35. The van der Waals surface area contributed by atoms with Crippen LogP contribution < -0.4 is 10.6 Å². The van der Waals surface area contributed by atoms with Crippen LogP contribution in [0.25, 0.3) is 0 Å². The van der Waals surface area contributed by atoms with Gasteiger partial charge < -0.3 is 19.9 Å². The van der Waals surface area contributed by atoms with E-state index in [1.807, 2.05) is 24.6 Å². The summed E-state index contributed by atoms with van der Waals surface area (Å²) >= 11 is 0. The molecule has 0 aliphatic carbocycles. The summed E-state index contributed by atoms with van der Waals surface area (Å²) in [6.45, 7) is 6.42. The van der Waals surface area contributed by atoms with Gasteiger partial charge in [-0.05, 0) is 13.8 Å². The fraction of sp³-hybridized carbons (Fsp3) is 0.538. The molecule has 0 aliphatic rings. The third kappa shape index (κ3) is 4.12. The highest BCUT2D eigenvalue weighted by molar-refractivity contribution is 5.47. The van der Waals surface area contributed by atoms with Crippen LogP contribution in [-0.2, 0) is 24.4 Å². The van der Waals surface area contributed by atoms with E-state index in [2.05, 4.69) is 37.7 Å². The molecule has 0 saturated carbocycles. The molecule has 2 rings (SSSR count). The number of aromatic nitrogens is 5. The molecule has 0 spiro atoms. The maximum absolute atomic E-state index is 5.35. The van der Waals surface area contributed by atoms with Crippen LogP contribution >= 0.6 is 0 Å². The van der Waals surface area contributed by atoms with Crippen LogP contribution in [0, 0.1) is 0 Å². The van der Waals surface area contributed by atoms with E-state index in [1.165, 1.54) is 0 Å². The Hall–Kier alpha value is -2.22. The molecule has 0 atom stereocenters. The Kier molecular flexibility index (Phi) is 5.44. The van der Waals surface area contributed by atoms with Crippen molar-refractivity contribution in [3.63, 3.8) is 0 Å². The van der Waals surface area contributed by atoms with E-state index in [9.17, 15) is 0 Å². The lowest BCUT2D eigenvalue weighted by molar-refractivity contribution is 0.128. The minimum atomic E-state index is 0.395. The maximum Gasteiger partial charge on any atom is 0.158 e. The molecule has 114 valence electrons. The minimum absolute atomic E-state index is 0.395. The summed E-state index contributed by atoms with van der Waals surface area (Å²) in [5.74, 6) is 2.99. The van der Waals surface area contributed by atoms with E-state index in [1.54, 1.807) is 6.33 Å². The molecule has 2 aromatic rings. The molecule has 0 aliphatic heterocycles. The number of anilines is 2. The lowest BCUT2D eigenvalue weighted by Gasteiger charge is -2.10. The molecule has 8 nitrogen and oxygen atoms in total. The summed E-state index contributed by atoms with van der Waals surface area (Å²) in [4.78, 5) is 8.78. The Bertz CT molecular complexity index is 569. The Morgan fingerprint density at radius 1 is 1.24 bits per heavy atom. The Morgan fingerprint density at radius 3 is 2.76 bits per heavy atom. The monoisotopic (exact) mass is 291 g/mol. The van der Waals surface area contributed by atoms with Gasteiger partial charge in [0.15, 0.2) is 11.6 Å². The normalized spacial score (nSPS) is 10.6. The van der Waals surface area contributed by atoms with Gasteiger partial charge in [0.2, 0.25) is 0 Å². The first-order valence-corrected chi connectivity index (χ1v) is 7.00. The van der Waals surface area contributed by atoms with Crippen molar-refractivity contribution in [3.05, 3.63) is 24.0 Å². The molecule has 2 heterocycles. The van der Waals surface area contributed by atoms with Gasteiger partial charge in [-0.15, -0.1) is 10.2 Å². The Morgan fingerprint density at radius 2 is 2.05 bits per heavy atom. The molecular weight excluding hydrogens is 270 g/mol. The van der Waals surface area contributed by atoms with Crippen molar-refractivity contribution in [2.24, 2.45) is 0 Å². The summed E-state index contributed by atoms with van der Waals surface area (Å²) < 4.78 is 7.33. The van der Waals surface area contributed by atoms with Gasteiger partial charge in [-0.2, -0.15) is 0 Å². The average Bonchev–Trinajstić information content (AvgIpc) is 2.98. The van der Waals surface area contributed by atoms with Gasteiger partial charge in [-0.1, -0.05) is 0 Å². The Balaban J connectivity index is 2.07. The second-order valence-electron chi connectivity index (χ2n) is 4.33. The van der Waals surface area contributed by atoms with E-state index in [-0.39, 0.29) is 0 Å². The smallest absolute Gasteiger partial charge is 0.158 e. The number of ether oxygens (including phenoxy) is 1. The van der Waals surface area contributed by atoms with Gasteiger partial charge in [-0.25, -0.2) is 9.97 Å². The second-order valence-corrected chi connectivity index (χ2v) is 4.33. The number of hydrogen-bond donors (Lipinski definition) is 2. The van der Waals surface area contributed by atoms with Crippen molar-refractivity contribution in [2.75, 3.05) is 24.3 Å². The molecule has 0 unspecified atom stereocenters. The second kappa shape index (κ2) is 7.53. The zero-order valence-electron chi connectivity index (χ0n) is 12.6. The van der Waals surface area contributed by atoms with Crippen molar-refractivity contribution in [1.29, 1.82) is 0 Å². The quantitative estimate of drug-likeness (QED) is 0.757. The third-order valence-corrected chi connectivity index (χ3v) is 2.93. The van der Waals surface area contributed by atoms with Crippen LogP contribution in [0.5, 0.6) is 0 Å². The molecular formula is C13H21N7O. The molecule has 2 N–H and O–H groups in total. The lowest BCUT2D eigenvalue weighted by atomic mass is 10.4. The third-order valence-electron chi connectivity index (χ3n) is 2.93. The van der Waals surface area contributed by atoms with Crippen molar-refractivity contribution in [3.8, 4) is 0 Å². The van der Waals surface area contributed by atoms with E-state index in [0.29, 0.717) is 25.6 Å². The fourth-order valence-electron chi connectivity index (χ4n) is 1.82. The highest BCUT2D eigenvalue weighted by Gasteiger charge is 2.06. The highest BCUT2D eigenvalue weighted by atomic mass is 16.5. The number of nitrogens with zero attached hydrogens (tertiary/aromatic N) is 5. The van der Waals surface area contributed by atoms with Crippen LogP contribution in [0.15, 0.2) is 12.4 Å². The van der Waals surface area contributed by atoms with Gasteiger partial charge in [0.25, 0.3) is 0 Å². The summed E-state index contributed by atoms with van der Waals surface area (Å²) in [6.07, 6.45) is 1.72. The summed E-state index contributed by atoms with van der Waals surface area (Å²) in [5.41, 5.74) is 0. The van der Waals surface area contributed by atoms with Gasteiger partial charge in [0.1, 0.15) is 24.6 Å². The molecule has 0 amide bonds. The predicted molar refractivity (Wildman–Crippen MR) is 79.9 cm³/mol. The zero-order chi connectivity index (χ0) is 15.1. The van der Waals surface area contributed by atoms with Crippen molar-refractivity contribution >= 4 is 11.6 Å². The van der Waals surface area contributed by atoms with Crippen molar-refractivity contribution in [1.82, 2.24) is 24.7 Å². The van der Waals surface area contributed by atoms with Crippen LogP contribution in [0.3, 0.4) is 0 Å². The van der Waals surface area contributed by atoms with E-state index >= 15 is 0 Å². The van der Waals surface area contributed by atoms with Gasteiger partial charge >= 0.3 is 0 Å². The van der Waals surface area contributed by atoms with Crippen LogP contribution in [0.4, 0.5) is 11.6 Å². The molecule has 0 bridgehead atoms. The standard InChI is InChI=1S/C13H21N7O/c1-4-20-9-16-19-13(20)7-15-11-6-10(14-3)17-12(18-11)8-21-5-2/h6,9H,4-5,7-8H2,1-3H3,(H2,14,15,17,18). The number of nitrogens with one attached hydrogen (secondary N) is 2. The number of rotatable bonds is 8. The summed E-state index contributed by atoms with van der Waals surface area (Å²) in [5, 5.41) is 14.3. The molecule has 0 saturated heterocycles. The van der Waals surface area contributed by atoms with Gasteiger partial charge in [0, 0.05) is 26.3 Å². The average molecular weight is 291 g/mol. The van der Waals surface area contributed by atoms with Gasteiger partial charge in [0.05, 0.1) is 6.54 Å². The van der Waals surface area contributed by atoms with Crippen LogP contribution in [-0.4, -0.2) is 38.4 Å². The highest BCUT2D eigenvalue weighted by Crippen LogP contribution is 2.12. The molecule has 2 aromatic heterocycles. The van der Waals surface area contributed by atoms with Crippen LogP contribution in [0.2, 0.25) is 0 Å². The molecule has 0 radical (unpaired) electrons. The van der Waals surface area contributed by atoms with Crippen LogP contribution in [0.1, 0.15) is 25.5 Å². The first-order valence-electron chi connectivity index (χ1n) is 7.00. The first kappa shape index (κ1) is 15.2. The molecule has 0 aromatic carbocycles. The number of aryl methyl sites for hydroxylation is 1. The minimum Gasteiger partial charge on any atom is -0.374 e. The van der Waals surface area contributed by atoms with Crippen molar-refractivity contribution in [2.45, 2.75) is 33.5 Å². The largest absolute Gasteiger partial charge is 0.374 e. The van der Waals surface area contributed by atoms with E-state index in [0.717, 1.165) is 24.0 Å². The van der Waals surface area contributed by atoms with E-state index in [4.69, 9.17) is 4.74 Å². The van der Waals surface area contributed by atoms with Crippen molar-refractivity contribution < 1.29 is 4.74 Å². The Labute approximate surface area is 124 Å². The fourth-order valence-corrected chi connectivity index (χ4v) is 1.82. The molecule has 0 fully saturated rings. The zero-order valence-corrected chi connectivity index (χ0v) is 12.6. The number of hydrogen-bond acceptors (Lipinski definition) is 7. The predicted octanol–water partition coefficient (Wildman–Crippen LogP) is 1.28. The summed E-state index contributed by atoms with van der Waals surface area (Å²) in [6, 6.07) is 1.85. The lowest BCUT2D eigenvalue weighted by Crippen LogP contribution is -2.11. The van der Waals surface area contributed by atoms with E-state index < -0.39 is 0 Å². The van der Waals surface area contributed by atoms with Gasteiger partial charge in [-0.3, -0.25) is 0 Å². The molecule has 21 heavy (non-hydrogen) atoms.